The molecule has 0 aliphatic heterocycles. The van der Waals surface area contributed by atoms with Crippen LogP contribution in [0.3, 0.4) is 0 Å². The van der Waals surface area contributed by atoms with Crippen molar-refractivity contribution in [2.45, 2.75) is 31.3 Å². The molecule has 0 unspecified atom stereocenters. The second-order valence-electron chi connectivity index (χ2n) is 4.53. The fraction of sp³-hybridized carbons (Fsp3) is 0.462. The summed E-state index contributed by atoms with van der Waals surface area (Å²) in [4.78, 5) is 11.7. The maximum atomic E-state index is 11.7. The molecule has 1 rings (SSSR count). The quantitative estimate of drug-likeness (QED) is 0.372. The average molecular weight is 285 g/mol. The van der Waals surface area contributed by atoms with E-state index in [0.29, 0.717) is 5.69 Å². The second kappa shape index (κ2) is 7.32. The predicted molar refractivity (Wildman–Crippen MR) is 70.9 cm³/mol. The molecule has 0 aliphatic carbocycles. The summed E-state index contributed by atoms with van der Waals surface area (Å²) in [5.41, 5.74) is 1.41. The lowest BCUT2D eigenvalue weighted by Crippen LogP contribution is -2.50. The van der Waals surface area contributed by atoms with Crippen molar-refractivity contribution in [3.63, 3.8) is 0 Å². The highest BCUT2D eigenvalue weighted by Gasteiger charge is 2.34. The molecule has 0 saturated heterocycles. The largest absolute Gasteiger partial charge is 0.394 e. The molecule has 1 aromatic carbocycles. The van der Waals surface area contributed by atoms with Crippen LogP contribution in [0.15, 0.2) is 24.3 Å². The van der Waals surface area contributed by atoms with Gasteiger partial charge in [-0.25, -0.2) is 0 Å². The van der Waals surface area contributed by atoms with Crippen LogP contribution in [0.2, 0.25) is 0 Å². The Hall–Kier alpha value is -1.51. The van der Waals surface area contributed by atoms with Crippen molar-refractivity contribution in [3.8, 4) is 0 Å². The Bertz CT molecular complexity index is 435. The van der Waals surface area contributed by atoms with Crippen molar-refractivity contribution in [2.24, 2.45) is 0 Å². The van der Waals surface area contributed by atoms with Crippen LogP contribution in [0.5, 0.6) is 0 Å². The molecule has 1 aromatic rings. The van der Waals surface area contributed by atoms with Crippen LogP contribution in [0.1, 0.15) is 5.56 Å². The maximum Gasteiger partial charge on any atom is 0.256 e. The molecule has 1 amide bonds. The van der Waals surface area contributed by atoms with Gasteiger partial charge < -0.3 is 30.8 Å². The van der Waals surface area contributed by atoms with E-state index in [1.54, 1.807) is 24.3 Å². The molecule has 4 atom stereocenters. The van der Waals surface area contributed by atoms with Crippen molar-refractivity contribution >= 4 is 11.6 Å². The number of benzene rings is 1. The summed E-state index contributed by atoms with van der Waals surface area (Å²) in [7, 11) is 0. The molecule has 0 heterocycles. The smallest absolute Gasteiger partial charge is 0.256 e. The molecule has 6 N–H and O–H groups in total. The van der Waals surface area contributed by atoms with Crippen LogP contribution in [0.25, 0.3) is 0 Å². The van der Waals surface area contributed by atoms with E-state index in [0.717, 1.165) is 5.56 Å². The van der Waals surface area contributed by atoms with Crippen molar-refractivity contribution in [1.29, 1.82) is 0 Å². The zero-order valence-corrected chi connectivity index (χ0v) is 11.0. The average Bonchev–Trinajstić information content (AvgIpc) is 2.46. The molecule has 0 radical (unpaired) electrons. The van der Waals surface area contributed by atoms with E-state index >= 15 is 0 Å². The van der Waals surface area contributed by atoms with E-state index in [1.807, 2.05) is 6.92 Å². The topological polar surface area (TPSA) is 130 Å². The Labute approximate surface area is 116 Å². The standard InChI is InChI=1S/C13H19NO6/c1-7-2-4-8(5-3-7)14-13(20)12(19)11(18)10(17)9(16)6-15/h2-5,9-12,15-19H,6H2,1H3,(H,14,20)/t9-,10+,11+,12+/m0/s1. The van der Waals surface area contributed by atoms with Gasteiger partial charge in [0, 0.05) is 5.69 Å². The fourth-order valence-corrected chi connectivity index (χ4v) is 1.53. The predicted octanol–water partition coefficient (Wildman–Crippen LogP) is -1.63. The van der Waals surface area contributed by atoms with Gasteiger partial charge in [-0.1, -0.05) is 17.7 Å². The molecule has 0 saturated carbocycles. The number of rotatable bonds is 6. The van der Waals surface area contributed by atoms with Gasteiger partial charge in [-0.3, -0.25) is 4.79 Å². The third kappa shape index (κ3) is 4.26. The zero-order chi connectivity index (χ0) is 15.3. The summed E-state index contributed by atoms with van der Waals surface area (Å²) in [5.74, 6) is -0.925. The summed E-state index contributed by atoms with van der Waals surface area (Å²) >= 11 is 0. The molecule has 7 nitrogen and oxygen atoms in total. The van der Waals surface area contributed by atoms with Crippen LogP contribution in [-0.2, 0) is 4.79 Å². The first kappa shape index (κ1) is 16.5. The number of nitrogens with one attached hydrogen (secondary N) is 1. The first-order chi connectivity index (χ1) is 9.36. The minimum Gasteiger partial charge on any atom is -0.394 e. The van der Waals surface area contributed by atoms with Gasteiger partial charge in [0.25, 0.3) is 5.91 Å². The number of hydrogen-bond donors (Lipinski definition) is 6. The van der Waals surface area contributed by atoms with Crippen LogP contribution in [0.4, 0.5) is 5.69 Å². The maximum absolute atomic E-state index is 11.7. The number of aliphatic hydroxyl groups excluding tert-OH is 5. The molecular weight excluding hydrogens is 266 g/mol. The van der Waals surface area contributed by atoms with Crippen LogP contribution in [0, 0.1) is 6.92 Å². The number of amides is 1. The first-order valence-electron chi connectivity index (χ1n) is 6.07. The Morgan fingerprint density at radius 2 is 1.65 bits per heavy atom. The van der Waals surface area contributed by atoms with Gasteiger partial charge in [-0.2, -0.15) is 0 Å². The normalized spacial score (nSPS) is 17.1. The Morgan fingerprint density at radius 3 is 2.15 bits per heavy atom. The van der Waals surface area contributed by atoms with Gasteiger partial charge in [-0.15, -0.1) is 0 Å². The van der Waals surface area contributed by atoms with E-state index < -0.39 is 36.9 Å². The highest BCUT2D eigenvalue weighted by atomic mass is 16.4. The van der Waals surface area contributed by atoms with Gasteiger partial charge in [0.15, 0.2) is 6.10 Å². The molecule has 7 heteroatoms. The fourth-order valence-electron chi connectivity index (χ4n) is 1.53. The third-order valence-electron chi connectivity index (χ3n) is 2.84. The number of hydrogen-bond acceptors (Lipinski definition) is 6. The summed E-state index contributed by atoms with van der Waals surface area (Å²) in [5, 5.41) is 48.7. The van der Waals surface area contributed by atoms with E-state index in [2.05, 4.69) is 5.32 Å². The van der Waals surface area contributed by atoms with E-state index in [9.17, 15) is 20.1 Å². The molecule has 0 aliphatic rings. The van der Waals surface area contributed by atoms with E-state index in [-0.39, 0.29) is 0 Å². The highest BCUT2D eigenvalue weighted by Crippen LogP contribution is 2.11. The minimum absolute atomic E-state index is 0.420. The molecule has 0 bridgehead atoms. The number of anilines is 1. The Morgan fingerprint density at radius 1 is 1.10 bits per heavy atom. The molecule has 20 heavy (non-hydrogen) atoms. The van der Waals surface area contributed by atoms with E-state index in [4.69, 9.17) is 10.2 Å². The number of carbonyl (C=O) groups excluding carboxylic acids is 1. The third-order valence-corrected chi connectivity index (χ3v) is 2.84. The number of aryl methyl sites for hydroxylation is 1. The first-order valence-corrected chi connectivity index (χ1v) is 6.07. The lowest BCUT2D eigenvalue weighted by molar-refractivity contribution is -0.144. The molecule has 0 fully saturated rings. The summed E-state index contributed by atoms with van der Waals surface area (Å²) in [6, 6.07) is 6.74. The van der Waals surface area contributed by atoms with Crippen molar-refractivity contribution in [1.82, 2.24) is 0 Å². The van der Waals surface area contributed by atoms with Crippen molar-refractivity contribution < 1.29 is 30.3 Å². The molecule has 112 valence electrons. The molecule has 0 aromatic heterocycles. The zero-order valence-electron chi connectivity index (χ0n) is 11.0. The Balaban J connectivity index is 2.64. The number of carbonyl (C=O) groups is 1. The Kier molecular flexibility index (Phi) is 6.05. The lowest BCUT2D eigenvalue weighted by atomic mass is 10.0. The van der Waals surface area contributed by atoms with Crippen LogP contribution < -0.4 is 5.32 Å². The second-order valence-corrected chi connectivity index (χ2v) is 4.53. The van der Waals surface area contributed by atoms with Crippen LogP contribution in [-0.4, -0.2) is 62.5 Å². The van der Waals surface area contributed by atoms with Crippen molar-refractivity contribution in [2.75, 3.05) is 11.9 Å². The number of aliphatic hydroxyl groups is 5. The molecular formula is C13H19NO6. The van der Waals surface area contributed by atoms with E-state index in [1.165, 1.54) is 0 Å². The van der Waals surface area contributed by atoms with Gasteiger partial charge in [-0.05, 0) is 19.1 Å². The van der Waals surface area contributed by atoms with Gasteiger partial charge in [0.1, 0.15) is 18.3 Å². The highest BCUT2D eigenvalue weighted by molar-refractivity contribution is 5.94. The molecule has 0 spiro atoms. The monoisotopic (exact) mass is 285 g/mol. The minimum atomic E-state index is -1.94. The van der Waals surface area contributed by atoms with Gasteiger partial charge in [0.2, 0.25) is 0 Å². The summed E-state index contributed by atoms with van der Waals surface area (Å²) in [6.07, 6.45) is -7.33. The summed E-state index contributed by atoms with van der Waals surface area (Å²) < 4.78 is 0. The van der Waals surface area contributed by atoms with Crippen molar-refractivity contribution in [3.05, 3.63) is 29.8 Å². The van der Waals surface area contributed by atoms with Crippen LogP contribution >= 0.6 is 0 Å². The SMILES string of the molecule is Cc1ccc(NC(=O)[C@H](O)[C@H](O)[C@H](O)[C@@H](O)CO)cc1. The lowest BCUT2D eigenvalue weighted by Gasteiger charge is -2.24. The summed E-state index contributed by atoms with van der Waals surface area (Å²) in [6.45, 7) is 1.07. The van der Waals surface area contributed by atoms with Gasteiger partial charge >= 0.3 is 0 Å². The van der Waals surface area contributed by atoms with Gasteiger partial charge in [0.05, 0.1) is 6.61 Å².